The third kappa shape index (κ3) is 3.41. The molecule has 4 nitrogen and oxygen atoms in total. The number of carbonyl (C=O) groups is 2. The van der Waals surface area contributed by atoms with Crippen molar-refractivity contribution in [1.29, 1.82) is 0 Å². The smallest absolute Gasteiger partial charge is 0.306 e. The van der Waals surface area contributed by atoms with Crippen molar-refractivity contribution in [1.82, 2.24) is 0 Å². The van der Waals surface area contributed by atoms with Gasteiger partial charge in [0.15, 0.2) is 0 Å². The average Bonchev–Trinajstić information content (AvgIpc) is 2.44. The van der Waals surface area contributed by atoms with Crippen LogP contribution in [-0.2, 0) is 9.59 Å². The van der Waals surface area contributed by atoms with Crippen LogP contribution in [0.15, 0.2) is 0 Å². The maximum Gasteiger partial charge on any atom is 0.306 e. The van der Waals surface area contributed by atoms with Crippen LogP contribution in [0.3, 0.4) is 0 Å². The van der Waals surface area contributed by atoms with Gasteiger partial charge in [-0.1, -0.05) is 26.7 Å². The molecule has 2 aliphatic carbocycles. The molecular weight excluding hydrogens is 268 g/mol. The number of carboxylic acid groups (broad SMARTS) is 2. The van der Waals surface area contributed by atoms with Gasteiger partial charge in [-0.3, -0.25) is 9.59 Å². The average molecular weight is 296 g/mol. The second-order valence-corrected chi connectivity index (χ2v) is 7.14. The van der Waals surface area contributed by atoms with Crippen LogP contribution in [0.4, 0.5) is 0 Å². The number of unbranched alkanes of at least 4 members (excludes halogenated alkanes) is 1. The molecule has 0 amide bonds. The minimum absolute atomic E-state index is 0.191. The van der Waals surface area contributed by atoms with Crippen LogP contribution in [0, 0.1) is 35.5 Å². The highest BCUT2D eigenvalue weighted by Crippen LogP contribution is 2.52. The van der Waals surface area contributed by atoms with Gasteiger partial charge in [0.05, 0.1) is 11.8 Å². The van der Waals surface area contributed by atoms with Gasteiger partial charge in [-0.05, 0) is 55.8 Å². The molecule has 0 spiro atoms. The molecular formula is C17H28O4. The zero-order valence-electron chi connectivity index (χ0n) is 13.1. The van der Waals surface area contributed by atoms with Crippen molar-refractivity contribution in [3.63, 3.8) is 0 Å². The van der Waals surface area contributed by atoms with Crippen LogP contribution < -0.4 is 0 Å². The van der Waals surface area contributed by atoms with Crippen molar-refractivity contribution in [2.75, 3.05) is 0 Å². The molecule has 21 heavy (non-hydrogen) atoms. The normalized spacial score (nSPS) is 39.5. The van der Waals surface area contributed by atoms with E-state index >= 15 is 0 Å². The molecule has 0 aliphatic heterocycles. The first-order valence-electron chi connectivity index (χ1n) is 8.41. The quantitative estimate of drug-likeness (QED) is 0.812. The Hall–Kier alpha value is -1.06. The fraction of sp³-hybridized carbons (Fsp3) is 0.882. The monoisotopic (exact) mass is 296 g/mol. The Balaban J connectivity index is 2.19. The lowest BCUT2D eigenvalue weighted by Gasteiger charge is -2.49. The van der Waals surface area contributed by atoms with Crippen molar-refractivity contribution in [2.45, 2.75) is 58.8 Å². The fourth-order valence-corrected chi connectivity index (χ4v) is 4.84. The summed E-state index contributed by atoms with van der Waals surface area (Å²) in [5.41, 5.74) is 0. The van der Waals surface area contributed by atoms with Crippen molar-refractivity contribution >= 4 is 11.9 Å². The van der Waals surface area contributed by atoms with Gasteiger partial charge in [0.1, 0.15) is 0 Å². The molecule has 2 aliphatic rings. The van der Waals surface area contributed by atoms with Gasteiger partial charge in [-0.15, -0.1) is 0 Å². The molecule has 2 rings (SSSR count). The summed E-state index contributed by atoms with van der Waals surface area (Å²) in [4.78, 5) is 22.9. The number of carboxylic acids is 2. The first-order chi connectivity index (χ1) is 9.95. The molecule has 2 saturated carbocycles. The molecule has 6 unspecified atom stereocenters. The Bertz CT molecular complexity index is 392. The summed E-state index contributed by atoms with van der Waals surface area (Å²) in [7, 11) is 0. The number of rotatable bonds is 5. The van der Waals surface area contributed by atoms with Crippen LogP contribution in [0.5, 0.6) is 0 Å². The van der Waals surface area contributed by atoms with E-state index in [4.69, 9.17) is 0 Å². The summed E-state index contributed by atoms with van der Waals surface area (Å²) in [5, 5.41) is 18.8. The fourth-order valence-electron chi connectivity index (χ4n) is 4.84. The van der Waals surface area contributed by atoms with Crippen molar-refractivity contribution < 1.29 is 19.8 Å². The van der Waals surface area contributed by atoms with Gasteiger partial charge in [0.25, 0.3) is 0 Å². The first kappa shape index (κ1) is 16.3. The topological polar surface area (TPSA) is 74.6 Å². The third-order valence-corrected chi connectivity index (χ3v) is 5.94. The first-order valence-corrected chi connectivity index (χ1v) is 8.41. The Morgan fingerprint density at radius 1 is 1.05 bits per heavy atom. The summed E-state index contributed by atoms with van der Waals surface area (Å²) in [6, 6.07) is 0. The largest absolute Gasteiger partial charge is 0.481 e. The lowest BCUT2D eigenvalue weighted by molar-refractivity contribution is -0.153. The number of fused-ring (bicyclic) bond motifs is 1. The summed E-state index contributed by atoms with van der Waals surface area (Å²) < 4.78 is 0. The molecule has 0 radical (unpaired) electrons. The van der Waals surface area contributed by atoms with Crippen molar-refractivity contribution in [2.24, 2.45) is 35.5 Å². The highest BCUT2D eigenvalue weighted by atomic mass is 16.4. The molecule has 0 heterocycles. The van der Waals surface area contributed by atoms with Gasteiger partial charge in [0, 0.05) is 0 Å². The van der Waals surface area contributed by atoms with Crippen molar-refractivity contribution in [3.05, 3.63) is 0 Å². The van der Waals surface area contributed by atoms with Gasteiger partial charge in [-0.2, -0.15) is 0 Å². The van der Waals surface area contributed by atoms with E-state index in [-0.39, 0.29) is 23.7 Å². The van der Waals surface area contributed by atoms with E-state index in [1.165, 1.54) is 0 Å². The highest BCUT2D eigenvalue weighted by molar-refractivity contribution is 5.72. The summed E-state index contributed by atoms with van der Waals surface area (Å²) in [6.07, 6.45) is 6.30. The van der Waals surface area contributed by atoms with Crippen LogP contribution in [0.2, 0.25) is 0 Å². The third-order valence-electron chi connectivity index (χ3n) is 5.94. The van der Waals surface area contributed by atoms with Crippen LogP contribution >= 0.6 is 0 Å². The van der Waals surface area contributed by atoms with E-state index in [9.17, 15) is 19.8 Å². The molecule has 0 aromatic heterocycles. The maximum atomic E-state index is 11.6. The van der Waals surface area contributed by atoms with Crippen LogP contribution in [-0.4, -0.2) is 22.2 Å². The van der Waals surface area contributed by atoms with Crippen LogP contribution in [0.1, 0.15) is 58.8 Å². The highest BCUT2D eigenvalue weighted by Gasteiger charge is 2.48. The second-order valence-electron chi connectivity index (χ2n) is 7.14. The summed E-state index contributed by atoms with van der Waals surface area (Å²) >= 11 is 0. The minimum atomic E-state index is -0.701. The number of hydrogen-bond donors (Lipinski definition) is 2. The predicted molar refractivity (Wildman–Crippen MR) is 79.9 cm³/mol. The predicted octanol–water partition coefficient (Wildman–Crippen LogP) is 3.65. The Morgan fingerprint density at radius 3 is 2.33 bits per heavy atom. The maximum absolute atomic E-state index is 11.6. The standard InChI is InChI=1S/C17H28O4/c1-3-4-5-12-10(2)8-15(17(20)21)13-7-6-11(16(18)19)9-14(12)13/h10-15H,3-9H2,1-2H3,(H,18,19)(H,20,21). The van der Waals surface area contributed by atoms with Gasteiger partial charge in [-0.25, -0.2) is 0 Å². The molecule has 6 atom stereocenters. The summed E-state index contributed by atoms with van der Waals surface area (Å²) in [6.45, 7) is 4.34. The molecule has 0 aromatic rings. The van der Waals surface area contributed by atoms with Crippen molar-refractivity contribution in [3.8, 4) is 0 Å². The Morgan fingerprint density at radius 2 is 1.76 bits per heavy atom. The van der Waals surface area contributed by atoms with E-state index in [1.54, 1.807) is 0 Å². The van der Waals surface area contributed by atoms with E-state index in [0.29, 0.717) is 24.7 Å². The van der Waals surface area contributed by atoms with Crippen LogP contribution in [0.25, 0.3) is 0 Å². The zero-order chi connectivity index (χ0) is 15.6. The van der Waals surface area contributed by atoms with E-state index in [2.05, 4.69) is 13.8 Å². The number of hydrogen-bond acceptors (Lipinski definition) is 2. The van der Waals surface area contributed by atoms with E-state index in [0.717, 1.165) is 32.1 Å². The SMILES string of the molecule is CCCCC1C(C)CC(C(=O)O)C2CCC(C(=O)O)CC12. The minimum Gasteiger partial charge on any atom is -0.481 e. The molecule has 0 bridgehead atoms. The molecule has 0 aromatic carbocycles. The van der Waals surface area contributed by atoms with Gasteiger partial charge in [0.2, 0.25) is 0 Å². The lowest BCUT2D eigenvalue weighted by atomic mass is 9.55. The second kappa shape index (κ2) is 6.80. The molecule has 4 heteroatoms. The van der Waals surface area contributed by atoms with Gasteiger partial charge >= 0.3 is 11.9 Å². The summed E-state index contributed by atoms with van der Waals surface area (Å²) in [5.74, 6) is -0.536. The van der Waals surface area contributed by atoms with E-state index in [1.807, 2.05) is 0 Å². The molecule has 2 fully saturated rings. The molecule has 0 saturated heterocycles. The zero-order valence-corrected chi connectivity index (χ0v) is 13.1. The molecule has 120 valence electrons. The van der Waals surface area contributed by atoms with Gasteiger partial charge < -0.3 is 10.2 Å². The Labute approximate surface area is 126 Å². The molecule has 2 N–H and O–H groups in total. The van der Waals surface area contributed by atoms with E-state index < -0.39 is 11.9 Å². The Kier molecular flexibility index (Phi) is 5.28. The lowest BCUT2D eigenvalue weighted by Crippen LogP contribution is -2.46. The number of aliphatic carboxylic acids is 2.